The predicted molar refractivity (Wildman–Crippen MR) is 119 cm³/mol. The zero-order chi connectivity index (χ0) is 25.7. The lowest BCUT2D eigenvalue weighted by Crippen LogP contribution is -2.50. The van der Waals surface area contributed by atoms with Crippen molar-refractivity contribution >= 4 is 5.97 Å². The number of carbonyl (C=O) groups is 1. The largest absolute Gasteiger partial charge is 0.477 e. The van der Waals surface area contributed by atoms with Crippen LogP contribution in [-0.2, 0) is 16.5 Å². The number of benzene rings is 2. The Morgan fingerprint density at radius 3 is 2.56 bits per heavy atom. The molecular formula is C24H20F3N5O4. The first-order chi connectivity index (χ1) is 17.1. The van der Waals surface area contributed by atoms with Gasteiger partial charge in [0.15, 0.2) is 17.2 Å². The molecule has 0 radical (unpaired) electrons. The highest BCUT2D eigenvalue weighted by atomic mass is 19.4. The Bertz CT molecular complexity index is 1430. The number of fused-ring (bicyclic) bond motifs is 1. The number of hydrogen-bond donors (Lipinski definition) is 0. The fourth-order valence-electron chi connectivity index (χ4n) is 4.13. The van der Waals surface area contributed by atoms with Crippen LogP contribution in [0.4, 0.5) is 13.2 Å². The van der Waals surface area contributed by atoms with E-state index >= 15 is 0 Å². The van der Waals surface area contributed by atoms with Crippen LogP contribution < -0.4 is 4.74 Å². The normalized spacial score (nSPS) is 18.9. The van der Waals surface area contributed by atoms with Gasteiger partial charge in [0.25, 0.3) is 11.7 Å². The lowest BCUT2D eigenvalue weighted by Gasteiger charge is -2.45. The molecule has 3 heterocycles. The second-order valence-corrected chi connectivity index (χ2v) is 8.31. The van der Waals surface area contributed by atoms with Crippen LogP contribution in [-0.4, -0.2) is 37.5 Å². The third kappa shape index (κ3) is 3.78. The lowest BCUT2D eigenvalue weighted by atomic mass is 9.87. The van der Waals surface area contributed by atoms with Gasteiger partial charge in [-0.1, -0.05) is 18.2 Å². The van der Waals surface area contributed by atoms with Crippen molar-refractivity contribution in [3.8, 4) is 28.6 Å². The van der Waals surface area contributed by atoms with Gasteiger partial charge in [-0.25, -0.2) is 4.79 Å². The van der Waals surface area contributed by atoms with E-state index in [1.165, 1.54) is 18.2 Å². The van der Waals surface area contributed by atoms with Gasteiger partial charge in [-0.15, -0.1) is 10.2 Å². The van der Waals surface area contributed by atoms with E-state index in [0.717, 1.165) is 6.07 Å². The molecule has 0 spiro atoms. The molecule has 0 N–H and O–H groups in total. The molecule has 0 fully saturated rings. The Balaban J connectivity index is 1.38. The van der Waals surface area contributed by atoms with E-state index < -0.39 is 23.3 Å². The molecule has 2 aromatic heterocycles. The van der Waals surface area contributed by atoms with Gasteiger partial charge in [0.2, 0.25) is 0 Å². The smallest absolute Gasteiger partial charge is 0.417 e. The predicted octanol–water partition coefficient (Wildman–Crippen LogP) is 5.06. The van der Waals surface area contributed by atoms with Crippen LogP contribution in [0.1, 0.15) is 48.8 Å². The van der Waals surface area contributed by atoms with Crippen LogP contribution in [0.15, 0.2) is 53.1 Å². The molecule has 2 aromatic carbocycles. The van der Waals surface area contributed by atoms with E-state index in [0.29, 0.717) is 17.1 Å². The van der Waals surface area contributed by atoms with Crippen molar-refractivity contribution < 1.29 is 32.0 Å². The van der Waals surface area contributed by atoms with Gasteiger partial charge in [-0.3, -0.25) is 0 Å². The number of carbonyl (C=O) groups excluding carboxylic acids is 1. The van der Waals surface area contributed by atoms with Crippen molar-refractivity contribution in [2.24, 2.45) is 0 Å². The maximum absolute atomic E-state index is 13.5. The minimum Gasteiger partial charge on any atom is -0.477 e. The van der Waals surface area contributed by atoms with Gasteiger partial charge in [-0.2, -0.15) is 18.2 Å². The number of halogens is 3. The molecule has 1 aliphatic heterocycles. The molecule has 5 rings (SSSR count). The maximum Gasteiger partial charge on any atom is 0.417 e. The van der Waals surface area contributed by atoms with Gasteiger partial charge in [0, 0.05) is 11.1 Å². The molecular weight excluding hydrogens is 479 g/mol. The minimum absolute atomic E-state index is 0.0382. The van der Waals surface area contributed by atoms with E-state index in [4.69, 9.17) is 14.0 Å². The second-order valence-electron chi connectivity index (χ2n) is 8.31. The van der Waals surface area contributed by atoms with Gasteiger partial charge < -0.3 is 18.6 Å². The van der Waals surface area contributed by atoms with E-state index in [1.807, 2.05) is 6.92 Å². The summed E-state index contributed by atoms with van der Waals surface area (Å²) < 4.78 is 58.4. The molecule has 9 nitrogen and oxygen atoms in total. The zero-order valence-electron chi connectivity index (χ0n) is 19.4. The summed E-state index contributed by atoms with van der Waals surface area (Å²) in [5.41, 5.74) is -1.17. The molecule has 0 saturated heterocycles. The molecule has 0 bridgehead atoms. The first-order valence-electron chi connectivity index (χ1n) is 11.1. The van der Waals surface area contributed by atoms with Crippen LogP contribution in [0.3, 0.4) is 0 Å². The van der Waals surface area contributed by atoms with E-state index in [1.54, 1.807) is 42.7 Å². The number of hydrogen-bond acceptors (Lipinski definition) is 8. The summed E-state index contributed by atoms with van der Waals surface area (Å²) in [5, 5.41) is 11.8. The SMILES string of the molecule is CCOC(=O)c1noc(-c2ccc(OC3(C)c4nnc(-c5ccccc5C(F)(F)F)n4C3C)cc2)n1. The summed E-state index contributed by atoms with van der Waals surface area (Å²) in [7, 11) is 0. The fourth-order valence-corrected chi connectivity index (χ4v) is 4.13. The van der Waals surface area contributed by atoms with E-state index in [2.05, 4.69) is 20.3 Å². The number of alkyl halides is 3. The van der Waals surface area contributed by atoms with Crippen molar-refractivity contribution in [1.29, 1.82) is 0 Å². The zero-order valence-corrected chi connectivity index (χ0v) is 19.4. The third-order valence-electron chi connectivity index (χ3n) is 6.11. The quantitative estimate of drug-likeness (QED) is 0.339. The molecule has 0 amide bonds. The summed E-state index contributed by atoms with van der Waals surface area (Å²) in [6.07, 6.45) is -4.52. The first kappa shape index (κ1) is 23.5. The molecule has 0 saturated carbocycles. The van der Waals surface area contributed by atoms with Crippen molar-refractivity contribution in [3.63, 3.8) is 0 Å². The summed E-state index contributed by atoms with van der Waals surface area (Å²) in [5.74, 6) is 0.328. The lowest BCUT2D eigenvalue weighted by molar-refractivity contribution is -0.137. The highest BCUT2D eigenvalue weighted by molar-refractivity contribution is 5.85. The van der Waals surface area contributed by atoms with Gasteiger partial charge in [-0.05, 0) is 56.3 Å². The van der Waals surface area contributed by atoms with Crippen LogP contribution in [0.5, 0.6) is 5.75 Å². The van der Waals surface area contributed by atoms with Crippen LogP contribution in [0, 0.1) is 0 Å². The monoisotopic (exact) mass is 499 g/mol. The molecule has 1 aliphatic rings. The van der Waals surface area contributed by atoms with Crippen molar-refractivity contribution in [2.75, 3.05) is 6.61 Å². The van der Waals surface area contributed by atoms with Crippen molar-refractivity contribution in [3.05, 3.63) is 65.7 Å². The van der Waals surface area contributed by atoms with E-state index in [-0.39, 0.29) is 35.8 Å². The van der Waals surface area contributed by atoms with Crippen molar-refractivity contribution in [2.45, 2.75) is 38.6 Å². The Labute approximate surface area is 202 Å². The van der Waals surface area contributed by atoms with Crippen LogP contribution in [0.2, 0.25) is 0 Å². The second kappa shape index (κ2) is 8.47. The molecule has 186 valence electrons. The number of nitrogens with zero attached hydrogens (tertiary/aromatic N) is 5. The minimum atomic E-state index is -4.52. The molecule has 2 atom stereocenters. The third-order valence-corrected chi connectivity index (χ3v) is 6.11. The standard InChI is InChI=1S/C24H20F3N5O4/c1-4-34-21(33)18-28-20(36-31-18)14-9-11-15(12-10-14)35-23(3)13(2)32-19(29-30-22(23)32)16-7-5-6-8-17(16)24(25,26)27/h5-13H,4H2,1-3H3. The summed E-state index contributed by atoms with van der Waals surface area (Å²) in [6.45, 7) is 5.50. The van der Waals surface area contributed by atoms with Crippen molar-refractivity contribution in [1.82, 2.24) is 24.9 Å². The maximum atomic E-state index is 13.5. The molecule has 2 unspecified atom stereocenters. The average molecular weight is 499 g/mol. The summed E-state index contributed by atoms with van der Waals surface area (Å²) in [4.78, 5) is 15.8. The highest BCUT2D eigenvalue weighted by Gasteiger charge is 2.53. The Kier molecular flexibility index (Phi) is 5.53. The number of esters is 1. The highest BCUT2D eigenvalue weighted by Crippen LogP contribution is 2.49. The number of rotatable bonds is 6. The fraction of sp³-hybridized carbons (Fsp3) is 0.292. The molecule has 36 heavy (non-hydrogen) atoms. The number of aromatic nitrogens is 5. The average Bonchev–Trinajstić information content (AvgIpc) is 3.51. The first-order valence-corrected chi connectivity index (χ1v) is 11.1. The Morgan fingerprint density at radius 2 is 1.86 bits per heavy atom. The topological polar surface area (TPSA) is 105 Å². The van der Waals surface area contributed by atoms with Crippen LogP contribution >= 0.6 is 0 Å². The van der Waals surface area contributed by atoms with Crippen LogP contribution in [0.25, 0.3) is 22.8 Å². The molecule has 4 aromatic rings. The van der Waals surface area contributed by atoms with Gasteiger partial charge in [0.1, 0.15) is 5.75 Å². The summed E-state index contributed by atoms with van der Waals surface area (Å²) >= 11 is 0. The van der Waals surface area contributed by atoms with Gasteiger partial charge in [0.05, 0.1) is 18.2 Å². The van der Waals surface area contributed by atoms with E-state index in [9.17, 15) is 18.0 Å². The summed E-state index contributed by atoms with van der Waals surface area (Å²) in [6, 6.07) is 11.7. The number of ether oxygens (including phenoxy) is 2. The Hall–Kier alpha value is -4.22. The van der Waals surface area contributed by atoms with Gasteiger partial charge >= 0.3 is 12.1 Å². The Morgan fingerprint density at radius 1 is 1.14 bits per heavy atom. The molecule has 0 aliphatic carbocycles. The molecule has 12 heteroatoms.